The summed E-state index contributed by atoms with van der Waals surface area (Å²) in [5.74, 6) is -1.30. The Bertz CT molecular complexity index is 444. The van der Waals surface area contributed by atoms with Gasteiger partial charge >= 0.3 is 5.69 Å². The minimum atomic E-state index is -0.648. The number of aromatic nitrogens is 2. The molecule has 0 aliphatic carbocycles. The molecule has 0 atom stereocenters. The molecule has 0 unspecified atom stereocenters. The quantitative estimate of drug-likeness (QED) is 0.611. The second kappa shape index (κ2) is 2.17. The van der Waals surface area contributed by atoms with Crippen LogP contribution in [0.5, 0.6) is 0 Å². The molecule has 0 radical (unpaired) electrons. The van der Waals surface area contributed by atoms with Crippen LogP contribution in [0.15, 0.2) is 16.9 Å². The molecule has 0 bridgehead atoms. The molecule has 1 aromatic heterocycles. The molecule has 3 nitrogen and oxygen atoms in total. The van der Waals surface area contributed by atoms with Crippen molar-refractivity contribution in [2.75, 3.05) is 0 Å². The highest BCUT2D eigenvalue weighted by atomic mass is 19.1. The van der Waals surface area contributed by atoms with Gasteiger partial charge < -0.3 is 9.97 Å². The summed E-state index contributed by atoms with van der Waals surface area (Å²) in [4.78, 5) is 14.9. The van der Waals surface area contributed by atoms with E-state index in [1.54, 1.807) is 0 Å². The Balaban J connectivity index is 3.03. The summed E-state index contributed by atoms with van der Waals surface area (Å²) in [6.45, 7) is 0. The summed E-state index contributed by atoms with van der Waals surface area (Å²) in [6.07, 6.45) is 0. The first kappa shape index (κ1) is 7.02. The molecule has 2 N–H and O–H groups in total. The summed E-state index contributed by atoms with van der Waals surface area (Å²) in [6, 6.07) is 1.92. The van der Waals surface area contributed by atoms with E-state index in [0.29, 0.717) is 0 Å². The van der Waals surface area contributed by atoms with Gasteiger partial charge in [-0.3, -0.25) is 0 Å². The Hall–Kier alpha value is -1.65. The average Bonchev–Trinajstić information content (AvgIpc) is 2.41. The standard InChI is InChI=1S/C7H4F2N2O/c8-3-1-2-4(9)6-5(3)10-7(12)11-6/h1-2H,(H2,10,11,12). The van der Waals surface area contributed by atoms with E-state index in [1.807, 2.05) is 0 Å². The first-order valence-corrected chi connectivity index (χ1v) is 3.24. The lowest BCUT2D eigenvalue weighted by atomic mass is 10.3. The number of imidazole rings is 1. The van der Waals surface area contributed by atoms with Gasteiger partial charge in [-0.2, -0.15) is 0 Å². The molecule has 0 aliphatic rings. The first-order valence-electron chi connectivity index (χ1n) is 3.24. The van der Waals surface area contributed by atoms with Crippen LogP contribution in [0.3, 0.4) is 0 Å². The number of benzene rings is 1. The fourth-order valence-corrected chi connectivity index (χ4v) is 1.05. The van der Waals surface area contributed by atoms with Crippen molar-refractivity contribution >= 4 is 11.0 Å². The number of hydrogen-bond acceptors (Lipinski definition) is 1. The van der Waals surface area contributed by atoms with Gasteiger partial charge in [0.15, 0.2) is 0 Å². The van der Waals surface area contributed by atoms with Gasteiger partial charge in [-0.25, -0.2) is 13.6 Å². The largest absolute Gasteiger partial charge is 0.323 e. The van der Waals surface area contributed by atoms with Crippen molar-refractivity contribution in [1.29, 1.82) is 0 Å². The number of H-pyrrole nitrogens is 2. The Morgan fingerprint density at radius 3 is 1.83 bits per heavy atom. The van der Waals surface area contributed by atoms with Crippen molar-refractivity contribution < 1.29 is 8.78 Å². The summed E-state index contributed by atoms with van der Waals surface area (Å²) in [5, 5.41) is 0. The van der Waals surface area contributed by atoms with Crippen molar-refractivity contribution in [2.45, 2.75) is 0 Å². The van der Waals surface area contributed by atoms with Crippen LogP contribution in [0.25, 0.3) is 11.0 Å². The van der Waals surface area contributed by atoms with Crippen molar-refractivity contribution in [3.63, 3.8) is 0 Å². The SMILES string of the molecule is O=c1[nH]c2c(F)ccc(F)c2[nH]1. The molecular weight excluding hydrogens is 166 g/mol. The van der Waals surface area contributed by atoms with E-state index < -0.39 is 17.3 Å². The van der Waals surface area contributed by atoms with E-state index in [2.05, 4.69) is 9.97 Å². The lowest BCUT2D eigenvalue weighted by Crippen LogP contribution is -1.99. The molecule has 1 aromatic carbocycles. The molecule has 2 aromatic rings. The summed E-state index contributed by atoms with van der Waals surface area (Å²) in [7, 11) is 0. The fourth-order valence-electron chi connectivity index (χ4n) is 1.05. The van der Waals surface area contributed by atoms with Gasteiger partial charge in [0.2, 0.25) is 0 Å². The number of rotatable bonds is 0. The Morgan fingerprint density at radius 2 is 1.42 bits per heavy atom. The highest BCUT2D eigenvalue weighted by Crippen LogP contribution is 2.14. The Labute approximate surface area is 65.0 Å². The molecule has 2 rings (SSSR count). The Kier molecular flexibility index (Phi) is 1.27. The van der Waals surface area contributed by atoms with Gasteiger partial charge in [-0.15, -0.1) is 0 Å². The van der Waals surface area contributed by atoms with Crippen molar-refractivity contribution in [1.82, 2.24) is 9.97 Å². The third-order valence-electron chi connectivity index (χ3n) is 1.58. The van der Waals surface area contributed by atoms with Gasteiger partial charge in [0.1, 0.15) is 22.7 Å². The zero-order valence-corrected chi connectivity index (χ0v) is 5.82. The van der Waals surface area contributed by atoms with E-state index in [-0.39, 0.29) is 11.0 Å². The molecule has 0 spiro atoms. The molecule has 5 heteroatoms. The van der Waals surface area contributed by atoms with E-state index in [9.17, 15) is 13.6 Å². The van der Waals surface area contributed by atoms with Gasteiger partial charge in [0.25, 0.3) is 0 Å². The molecule has 0 saturated carbocycles. The highest BCUT2D eigenvalue weighted by Gasteiger charge is 2.07. The van der Waals surface area contributed by atoms with E-state index in [4.69, 9.17) is 0 Å². The summed E-state index contributed by atoms with van der Waals surface area (Å²) in [5.41, 5.74) is -0.867. The van der Waals surface area contributed by atoms with Crippen LogP contribution in [0, 0.1) is 11.6 Å². The number of aromatic amines is 2. The Morgan fingerprint density at radius 1 is 1.00 bits per heavy atom. The maximum atomic E-state index is 12.8. The normalized spacial score (nSPS) is 10.8. The highest BCUT2D eigenvalue weighted by molar-refractivity contribution is 5.75. The van der Waals surface area contributed by atoms with Crippen molar-refractivity contribution in [3.8, 4) is 0 Å². The number of nitrogens with one attached hydrogen (secondary N) is 2. The van der Waals surface area contributed by atoms with Crippen LogP contribution in [0.1, 0.15) is 0 Å². The zero-order chi connectivity index (χ0) is 8.72. The van der Waals surface area contributed by atoms with Crippen LogP contribution >= 0.6 is 0 Å². The van der Waals surface area contributed by atoms with Gasteiger partial charge in [0, 0.05) is 0 Å². The lowest BCUT2D eigenvalue weighted by molar-refractivity contribution is 0.615. The number of fused-ring (bicyclic) bond motifs is 1. The molecular formula is C7H4F2N2O. The monoisotopic (exact) mass is 170 g/mol. The van der Waals surface area contributed by atoms with Crippen LogP contribution in [-0.4, -0.2) is 9.97 Å². The lowest BCUT2D eigenvalue weighted by Gasteiger charge is -1.91. The maximum absolute atomic E-state index is 12.8. The van der Waals surface area contributed by atoms with Crippen LogP contribution < -0.4 is 5.69 Å². The van der Waals surface area contributed by atoms with Gasteiger partial charge in [0.05, 0.1) is 0 Å². The molecule has 0 fully saturated rings. The molecule has 0 aliphatic heterocycles. The zero-order valence-electron chi connectivity index (χ0n) is 5.82. The van der Waals surface area contributed by atoms with E-state index >= 15 is 0 Å². The maximum Gasteiger partial charge on any atom is 0.323 e. The second-order valence-electron chi connectivity index (χ2n) is 2.36. The third-order valence-corrected chi connectivity index (χ3v) is 1.58. The molecule has 1 heterocycles. The topological polar surface area (TPSA) is 48.6 Å². The molecule has 0 amide bonds. The predicted molar refractivity (Wildman–Crippen MR) is 38.8 cm³/mol. The minimum absolute atomic E-state index is 0.125. The van der Waals surface area contributed by atoms with Crippen LogP contribution in [-0.2, 0) is 0 Å². The molecule has 12 heavy (non-hydrogen) atoms. The first-order chi connectivity index (χ1) is 5.68. The van der Waals surface area contributed by atoms with Crippen LogP contribution in [0.2, 0.25) is 0 Å². The smallest absolute Gasteiger partial charge is 0.303 e. The van der Waals surface area contributed by atoms with Gasteiger partial charge in [-0.1, -0.05) is 0 Å². The van der Waals surface area contributed by atoms with Crippen LogP contribution in [0.4, 0.5) is 8.78 Å². The van der Waals surface area contributed by atoms with E-state index in [0.717, 1.165) is 12.1 Å². The van der Waals surface area contributed by atoms with E-state index in [1.165, 1.54) is 0 Å². The second-order valence-corrected chi connectivity index (χ2v) is 2.36. The number of halogens is 2. The average molecular weight is 170 g/mol. The van der Waals surface area contributed by atoms with Crippen molar-refractivity contribution in [3.05, 3.63) is 34.3 Å². The summed E-state index contributed by atoms with van der Waals surface area (Å²) < 4.78 is 25.6. The minimum Gasteiger partial charge on any atom is -0.303 e. The molecule has 62 valence electrons. The molecule has 0 saturated heterocycles. The predicted octanol–water partition coefficient (Wildman–Crippen LogP) is 1.13. The third kappa shape index (κ3) is 0.827. The summed E-state index contributed by atoms with van der Waals surface area (Å²) >= 11 is 0. The number of hydrogen-bond donors (Lipinski definition) is 2. The van der Waals surface area contributed by atoms with Gasteiger partial charge in [-0.05, 0) is 12.1 Å². The fraction of sp³-hybridized carbons (Fsp3) is 0. The van der Waals surface area contributed by atoms with Crippen molar-refractivity contribution in [2.24, 2.45) is 0 Å².